The lowest BCUT2D eigenvalue weighted by Gasteiger charge is -2.22. The van der Waals surface area contributed by atoms with Crippen molar-refractivity contribution in [3.05, 3.63) is 0 Å². The van der Waals surface area contributed by atoms with Crippen LogP contribution >= 0.6 is 0 Å². The van der Waals surface area contributed by atoms with E-state index in [9.17, 15) is 19.2 Å². The molecule has 0 fully saturated rings. The number of carbonyl (C=O) groups excluding carboxylic acids is 4. The van der Waals surface area contributed by atoms with Gasteiger partial charge in [-0.15, -0.1) is 0 Å². The van der Waals surface area contributed by atoms with Crippen LogP contribution in [0.3, 0.4) is 0 Å². The molecule has 13 N–H and O–H groups in total. The highest BCUT2D eigenvalue weighted by molar-refractivity contribution is 5.91. The van der Waals surface area contributed by atoms with Gasteiger partial charge in [0.15, 0.2) is 11.9 Å². The van der Waals surface area contributed by atoms with Gasteiger partial charge in [0.1, 0.15) is 12.1 Å². The average molecular weight is 681 g/mol. The fourth-order valence-electron chi connectivity index (χ4n) is 5.31. The normalized spacial score (nSPS) is 12.0. The van der Waals surface area contributed by atoms with E-state index >= 15 is 0 Å². The predicted molar refractivity (Wildman–Crippen MR) is 195 cm³/mol. The third kappa shape index (κ3) is 28.6. The standard InChI is InChI=1S/C34H68N10O4/c1-2-3-4-5-6-7-8-9-10-11-12-13-15-22-29(45)40-24-17-14-16-23-30(46)43-28(21-19-26-42-34(38)39)32(48)44-27(31(35)47)20-18-25-41-33(36)37/h27-28H,2-26H2,1H3,(H2,35,47)(H,40,45)(H,43,46)(H,44,48)(H4,36,37,41)(H4,38,39,42)/t27-,28-/m0/s1. The largest absolute Gasteiger partial charge is 0.370 e. The maximum atomic E-state index is 13.0. The summed E-state index contributed by atoms with van der Waals surface area (Å²) in [5, 5.41) is 8.36. The number of hydrogen-bond donors (Lipinski definition) is 8. The Labute approximate surface area is 289 Å². The highest BCUT2D eigenvalue weighted by Crippen LogP contribution is 2.13. The first kappa shape index (κ1) is 44.4. The summed E-state index contributed by atoms with van der Waals surface area (Å²) in [5.74, 6) is -1.56. The molecule has 0 aromatic rings. The molecule has 4 amide bonds. The van der Waals surface area contributed by atoms with Crippen molar-refractivity contribution in [1.82, 2.24) is 16.0 Å². The minimum atomic E-state index is -0.941. The maximum absolute atomic E-state index is 13.0. The Bertz CT molecular complexity index is 937. The van der Waals surface area contributed by atoms with Gasteiger partial charge in [-0.3, -0.25) is 29.2 Å². The number of guanidine groups is 2. The van der Waals surface area contributed by atoms with E-state index in [1.54, 1.807) is 0 Å². The molecule has 0 unspecified atom stereocenters. The molecule has 0 bridgehead atoms. The lowest BCUT2D eigenvalue weighted by Crippen LogP contribution is -2.53. The summed E-state index contributed by atoms with van der Waals surface area (Å²) in [4.78, 5) is 57.6. The Morgan fingerprint density at radius 2 is 0.958 bits per heavy atom. The number of rotatable bonds is 32. The van der Waals surface area contributed by atoms with E-state index < -0.39 is 23.9 Å². The molecule has 0 saturated heterocycles. The van der Waals surface area contributed by atoms with Crippen LogP contribution in [0, 0.1) is 0 Å². The van der Waals surface area contributed by atoms with Crippen LogP contribution in [0.15, 0.2) is 9.98 Å². The van der Waals surface area contributed by atoms with Crippen molar-refractivity contribution in [2.75, 3.05) is 19.6 Å². The molecule has 2 atom stereocenters. The second-order valence-corrected chi connectivity index (χ2v) is 12.6. The van der Waals surface area contributed by atoms with Crippen molar-refractivity contribution in [1.29, 1.82) is 0 Å². The Kier molecular flexibility index (Phi) is 28.4. The molecule has 14 nitrogen and oxygen atoms in total. The first-order valence-corrected chi connectivity index (χ1v) is 18.3. The highest BCUT2D eigenvalue weighted by atomic mass is 16.2. The van der Waals surface area contributed by atoms with Gasteiger partial charge in [-0.25, -0.2) is 0 Å². The summed E-state index contributed by atoms with van der Waals surface area (Å²) in [6.45, 7) is 3.39. The monoisotopic (exact) mass is 681 g/mol. The van der Waals surface area contributed by atoms with Crippen LogP contribution in [-0.4, -0.2) is 67.3 Å². The lowest BCUT2D eigenvalue weighted by atomic mass is 10.0. The van der Waals surface area contributed by atoms with Crippen molar-refractivity contribution in [3.8, 4) is 0 Å². The lowest BCUT2D eigenvalue weighted by molar-refractivity contribution is -0.131. The van der Waals surface area contributed by atoms with Crippen molar-refractivity contribution in [3.63, 3.8) is 0 Å². The Balaban J connectivity index is 4.26. The smallest absolute Gasteiger partial charge is 0.243 e. The van der Waals surface area contributed by atoms with Gasteiger partial charge in [-0.05, 0) is 44.9 Å². The number of primary amides is 1. The molecule has 48 heavy (non-hydrogen) atoms. The summed E-state index contributed by atoms with van der Waals surface area (Å²) >= 11 is 0. The predicted octanol–water partition coefficient (Wildman–Crippen LogP) is 2.71. The molecule has 0 aliphatic carbocycles. The number of nitrogens with two attached hydrogens (primary N) is 5. The fourth-order valence-corrected chi connectivity index (χ4v) is 5.31. The highest BCUT2D eigenvalue weighted by Gasteiger charge is 2.25. The number of amides is 4. The summed E-state index contributed by atoms with van der Waals surface area (Å²) in [5.41, 5.74) is 26.9. The van der Waals surface area contributed by atoms with E-state index in [0.29, 0.717) is 32.2 Å². The van der Waals surface area contributed by atoms with Gasteiger partial charge in [0.25, 0.3) is 0 Å². The number of hydrogen-bond acceptors (Lipinski definition) is 6. The zero-order valence-electron chi connectivity index (χ0n) is 29.7. The van der Waals surface area contributed by atoms with Gasteiger partial charge in [-0.2, -0.15) is 0 Å². The van der Waals surface area contributed by atoms with Crippen LogP contribution in [0.1, 0.15) is 148 Å². The number of nitrogens with zero attached hydrogens (tertiary/aromatic N) is 2. The molecule has 0 saturated carbocycles. The van der Waals surface area contributed by atoms with Crippen LogP contribution in [0.2, 0.25) is 0 Å². The zero-order valence-corrected chi connectivity index (χ0v) is 29.7. The van der Waals surface area contributed by atoms with Crippen LogP contribution < -0.4 is 44.6 Å². The molecule has 14 heteroatoms. The van der Waals surface area contributed by atoms with Crippen LogP contribution in [0.25, 0.3) is 0 Å². The molecule has 0 aromatic heterocycles. The van der Waals surface area contributed by atoms with E-state index in [1.807, 2.05) is 0 Å². The first-order chi connectivity index (χ1) is 23.1. The first-order valence-electron chi connectivity index (χ1n) is 18.3. The van der Waals surface area contributed by atoms with Crippen LogP contribution in [0.5, 0.6) is 0 Å². The second kappa shape index (κ2) is 30.7. The van der Waals surface area contributed by atoms with Gasteiger partial charge in [0, 0.05) is 32.5 Å². The molecule has 0 rings (SSSR count). The average Bonchev–Trinajstić information content (AvgIpc) is 3.03. The van der Waals surface area contributed by atoms with Gasteiger partial charge in [-0.1, -0.05) is 90.4 Å². The number of unbranched alkanes of at least 4 members (excludes halogenated alkanes) is 14. The molecular weight excluding hydrogens is 612 g/mol. The minimum absolute atomic E-state index is 0.0645. The molecule has 0 aliphatic heterocycles. The van der Waals surface area contributed by atoms with Gasteiger partial charge >= 0.3 is 0 Å². The van der Waals surface area contributed by atoms with Crippen molar-refractivity contribution in [2.45, 2.75) is 160 Å². The Morgan fingerprint density at radius 3 is 1.44 bits per heavy atom. The van der Waals surface area contributed by atoms with Crippen LogP contribution in [-0.2, 0) is 19.2 Å². The summed E-state index contributed by atoms with van der Waals surface area (Å²) < 4.78 is 0. The van der Waals surface area contributed by atoms with Crippen molar-refractivity contribution in [2.24, 2.45) is 38.7 Å². The molecule has 0 radical (unpaired) electrons. The second-order valence-electron chi connectivity index (χ2n) is 12.6. The molecular formula is C34H68N10O4. The van der Waals surface area contributed by atoms with Gasteiger partial charge in [0.2, 0.25) is 23.6 Å². The number of carbonyl (C=O) groups is 4. The molecule has 0 heterocycles. The molecule has 278 valence electrons. The van der Waals surface area contributed by atoms with E-state index in [1.165, 1.54) is 70.6 Å². The Morgan fingerprint density at radius 1 is 0.521 bits per heavy atom. The van der Waals surface area contributed by atoms with E-state index in [4.69, 9.17) is 28.7 Å². The van der Waals surface area contributed by atoms with E-state index in [-0.39, 0.29) is 56.1 Å². The zero-order chi connectivity index (χ0) is 35.8. The quantitative estimate of drug-likeness (QED) is 0.0297. The summed E-state index contributed by atoms with van der Waals surface area (Å²) in [6, 6.07) is -1.83. The fraction of sp³-hybridized carbons (Fsp3) is 0.824. The third-order valence-electron chi connectivity index (χ3n) is 8.11. The van der Waals surface area contributed by atoms with Crippen LogP contribution in [0.4, 0.5) is 0 Å². The van der Waals surface area contributed by atoms with Gasteiger partial charge in [0.05, 0.1) is 0 Å². The molecule has 0 aliphatic rings. The van der Waals surface area contributed by atoms with Crippen molar-refractivity contribution >= 4 is 35.5 Å². The summed E-state index contributed by atoms with van der Waals surface area (Å²) in [6.07, 6.45) is 20.9. The number of aliphatic imine (C=N–C) groups is 2. The minimum Gasteiger partial charge on any atom is -0.370 e. The van der Waals surface area contributed by atoms with Crippen molar-refractivity contribution < 1.29 is 19.2 Å². The Hall–Kier alpha value is -3.58. The number of nitrogens with one attached hydrogen (secondary N) is 3. The topological polar surface area (TPSA) is 259 Å². The van der Waals surface area contributed by atoms with Gasteiger partial charge < -0.3 is 44.6 Å². The third-order valence-corrected chi connectivity index (χ3v) is 8.11. The summed E-state index contributed by atoms with van der Waals surface area (Å²) in [7, 11) is 0. The SMILES string of the molecule is CCCCCCCCCCCCCCCC(=O)NCCCCCC(=O)N[C@@H](CCCN=C(N)N)C(=O)N[C@@H](CCCN=C(N)N)C(N)=O. The van der Waals surface area contributed by atoms with E-state index in [2.05, 4.69) is 32.9 Å². The molecule has 0 aromatic carbocycles. The van der Waals surface area contributed by atoms with E-state index in [0.717, 1.165) is 25.7 Å². The molecule has 0 spiro atoms. The maximum Gasteiger partial charge on any atom is 0.243 e.